The molecule has 1 heterocycles. The van der Waals surface area contributed by atoms with Crippen molar-refractivity contribution < 1.29 is 0 Å². The van der Waals surface area contributed by atoms with Gasteiger partial charge in [-0.3, -0.25) is 4.57 Å². The lowest BCUT2D eigenvalue weighted by atomic mass is 10.1. The minimum Gasteiger partial charge on any atom is -0.355 e. The van der Waals surface area contributed by atoms with Crippen molar-refractivity contribution in [3.05, 3.63) is 29.8 Å². The normalized spacial score (nSPS) is 10.1. The highest BCUT2D eigenvalue weighted by Crippen LogP contribution is 2.20. The number of nitrogens with one attached hydrogen (secondary N) is 1. The van der Waals surface area contributed by atoms with Crippen molar-refractivity contribution in [2.24, 2.45) is 0 Å². The molecule has 5 nitrogen and oxygen atoms in total. The van der Waals surface area contributed by atoms with Gasteiger partial charge in [-0.25, -0.2) is 0 Å². The van der Waals surface area contributed by atoms with Crippen LogP contribution in [0, 0.1) is 11.3 Å². The Morgan fingerprint density at radius 1 is 1.22 bits per heavy atom. The van der Waals surface area contributed by atoms with Crippen molar-refractivity contribution in [1.82, 2.24) is 14.8 Å². The van der Waals surface area contributed by atoms with Crippen LogP contribution < -0.4 is 5.32 Å². The zero-order valence-electron chi connectivity index (χ0n) is 10.5. The molecule has 0 unspecified atom stereocenters. The molecule has 0 atom stereocenters. The zero-order valence-corrected chi connectivity index (χ0v) is 10.5. The summed E-state index contributed by atoms with van der Waals surface area (Å²) >= 11 is 0. The molecule has 18 heavy (non-hydrogen) atoms. The first kappa shape index (κ1) is 12.1. The van der Waals surface area contributed by atoms with E-state index in [-0.39, 0.29) is 0 Å². The maximum Gasteiger partial charge on any atom is 0.224 e. The van der Waals surface area contributed by atoms with Gasteiger partial charge in [0.2, 0.25) is 5.95 Å². The molecule has 1 aromatic heterocycles. The molecule has 1 N–H and O–H groups in total. The Bertz CT molecular complexity index is 562. The fourth-order valence-corrected chi connectivity index (χ4v) is 1.80. The third-order valence-electron chi connectivity index (χ3n) is 2.67. The molecular formula is C13H15N5. The van der Waals surface area contributed by atoms with Crippen molar-refractivity contribution in [3.8, 4) is 17.5 Å². The van der Waals surface area contributed by atoms with E-state index < -0.39 is 0 Å². The highest BCUT2D eigenvalue weighted by Gasteiger charge is 2.11. The van der Waals surface area contributed by atoms with Gasteiger partial charge in [-0.05, 0) is 38.1 Å². The lowest BCUT2D eigenvalue weighted by Gasteiger charge is -2.07. The van der Waals surface area contributed by atoms with Crippen LogP contribution in [-0.4, -0.2) is 21.3 Å². The summed E-state index contributed by atoms with van der Waals surface area (Å²) in [6, 6.07) is 9.47. The summed E-state index contributed by atoms with van der Waals surface area (Å²) in [4.78, 5) is 0. The van der Waals surface area contributed by atoms with Crippen molar-refractivity contribution in [2.75, 3.05) is 11.9 Å². The molecule has 5 heteroatoms. The molecule has 0 saturated carbocycles. The molecule has 0 aliphatic carbocycles. The Morgan fingerprint density at radius 3 is 2.50 bits per heavy atom. The second kappa shape index (κ2) is 5.32. The van der Waals surface area contributed by atoms with Crippen LogP contribution in [0.25, 0.3) is 11.4 Å². The maximum atomic E-state index is 8.78. The highest BCUT2D eigenvalue weighted by molar-refractivity contribution is 5.58. The van der Waals surface area contributed by atoms with E-state index in [1.807, 2.05) is 23.6 Å². The van der Waals surface area contributed by atoms with Crippen LogP contribution in [0.1, 0.15) is 19.4 Å². The van der Waals surface area contributed by atoms with Gasteiger partial charge >= 0.3 is 0 Å². The second-order valence-corrected chi connectivity index (χ2v) is 3.81. The topological polar surface area (TPSA) is 66.5 Å². The van der Waals surface area contributed by atoms with Crippen LogP contribution in [0.15, 0.2) is 24.3 Å². The first-order chi connectivity index (χ1) is 8.80. The zero-order chi connectivity index (χ0) is 13.0. The Balaban J connectivity index is 2.40. The van der Waals surface area contributed by atoms with Crippen molar-refractivity contribution >= 4 is 5.95 Å². The van der Waals surface area contributed by atoms with Gasteiger partial charge < -0.3 is 5.32 Å². The number of nitriles is 1. The molecule has 2 rings (SSSR count). The van der Waals surface area contributed by atoms with Gasteiger partial charge in [0.15, 0.2) is 5.82 Å². The molecular weight excluding hydrogens is 226 g/mol. The summed E-state index contributed by atoms with van der Waals surface area (Å²) in [6.07, 6.45) is 0. The predicted molar refractivity (Wildman–Crippen MR) is 70.0 cm³/mol. The Labute approximate surface area is 106 Å². The van der Waals surface area contributed by atoms with E-state index >= 15 is 0 Å². The Hall–Kier alpha value is -2.35. The lowest BCUT2D eigenvalue weighted by molar-refractivity contribution is 0.770. The predicted octanol–water partition coefficient (Wildman–Crippen LogP) is 2.27. The molecule has 0 spiro atoms. The molecule has 1 aromatic carbocycles. The first-order valence-corrected chi connectivity index (χ1v) is 5.97. The number of hydrogen-bond donors (Lipinski definition) is 1. The number of aromatic nitrogens is 3. The molecule has 0 amide bonds. The second-order valence-electron chi connectivity index (χ2n) is 3.81. The minimum absolute atomic E-state index is 0.647. The number of anilines is 1. The smallest absolute Gasteiger partial charge is 0.224 e. The summed E-state index contributed by atoms with van der Waals surface area (Å²) in [5, 5.41) is 20.3. The van der Waals surface area contributed by atoms with Crippen LogP contribution in [-0.2, 0) is 6.54 Å². The van der Waals surface area contributed by atoms with Crippen LogP contribution in [0.2, 0.25) is 0 Å². The van der Waals surface area contributed by atoms with Crippen LogP contribution in [0.3, 0.4) is 0 Å². The fourth-order valence-electron chi connectivity index (χ4n) is 1.80. The number of rotatable bonds is 4. The minimum atomic E-state index is 0.647. The SMILES string of the molecule is CCNc1nnc(-c2ccc(C#N)cc2)n1CC. The molecule has 0 aliphatic rings. The molecule has 2 aromatic rings. The highest BCUT2D eigenvalue weighted by atomic mass is 15.3. The fraction of sp³-hybridized carbons (Fsp3) is 0.308. The van der Waals surface area contributed by atoms with Gasteiger partial charge in [0.25, 0.3) is 0 Å². The van der Waals surface area contributed by atoms with Gasteiger partial charge in [0, 0.05) is 18.7 Å². The van der Waals surface area contributed by atoms with Gasteiger partial charge in [-0.2, -0.15) is 5.26 Å². The lowest BCUT2D eigenvalue weighted by Crippen LogP contribution is -2.06. The largest absolute Gasteiger partial charge is 0.355 e. The van der Waals surface area contributed by atoms with E-state index in [1.165, 1.54) is 0 Å². The van der Waals surface area contributed by atoms with E-state index in [9.17, 15) is 0 Å². The Kier molecular flexibility index (Phi) is 3.58. The third kappa shape index (κ3) is 2.18. The Morgan fingerprint density at radius 2 is 1.94 bits per heavy atom. The van der Waals surface area contributed by atoms with E-state index in [2.05, 4.69) is 28.5 Å². The summed E-state index contributed by atoms with van der Waals surface area (Å²) < 4.78 is 2.02. The quantitative estimate of drug-likeness (QED) is 0.891. The van der Waals surface area contributed by atoms with Crippen LogP contribution in [0.4, 0.5) is 5.95 Å². The maximum absolute atomic E-state index is 8.78. The summed E-state index contributed by atoms with van der Waals surface area (Å²) in [7, 11) is 0. The van der Waals surface area contributed by atoms with Gasteiger partial charge in [0.1, 0.15) is 0 Å². The van der Waals surface area contributed by atoms with Crippen molar-refractivity contribution in [3.63, 3.8) is 0 Å². The first-order valence-electron chi connectivity index (χ1n) is 5.97. The molecule has 0 fully saturated rings. The third-order valence-corrected chi connectivity index (χ3v) is 2.67. The molecule has 92 valence electrons. The molecule has 0 bridgehead atoms. The monoisotopic (exact) mass is 241 g/mol. The molecule has 0 radical (unpaired) electrons. The van der Waals surface area contributed by atoms with Gasteiger partial charge in [-0.1, -0.05) is 0 Å². The van der Waals surface area contributed by atoms with E-state index in [4.69, 9.17) is 5.26 Å². The van der Waals surface area contributed by atoms with Gasteiger partial charge in [-0.15, -0.1) is 10.2 Å². The summed E-state index contributed by atoms with van der Waals surface area (Å²) in [5.74, 6) is 1.59. The van der Waals surface area contributed by atoms with Crippen molar-refractivity contribution in [1.29, 1.82) is 5.26 Å². The van der Waals surface area contributed by atoms with E-state index in [0.717, 1.165) is 30.4 Å². The average Bonchev–Trinajstić information content (AvgIpc) is 2.82. The molecule has 0 saturated heterocycles. The molecule has 0 aliphatic heterocycles. The van der Waals surface area contributed by atoms with Crippen molar-refractivity contribution in [2.45, 2.75) is 20.4 Å². The standard InChI is InChI=1S/C13H15N5/c1-3-15-13-17-16-12(18(13)4-2)11-7-5-10(9-14)6-8-11/h5-8H,3-4H2,1-2H3,(H,15,17). The van der Waals surface area contributed by atoms with Crippen LogP contribution >= 0.6 is 0 Å². The number of hydrogen-bond acceptors (Lipinski definition) is 4. The van der Waals surface area contributed by atoms with E-state index in [1.54, 1.807) is 12.1 Å². The van der Waals surface area contributed by atoms with Gasteiger partial charge in [0.05, 0.1) is 11.6 Å². The number of benzene rings is 1. The average molecular weight is 241 g/mol. The summed E-state index contributed by atoms with van der Waals surface area (Å²) in [6.45, 7) is 5.68. The summed E-state index contributed by atoms with van der Waals surface area (Å²) in [5.41, 5.74) is 1.61. The number of nitrogens with zero attached hydrogens (tertiary/aromatic N) is 4. The van der Waals surface area contributed by atoms with Crippen LogP contribution in [0.5, 0.6) is 0 Å². The van der Waals surface area contributed by atoms with E-state index in [0.29, 0.717) is 5.56 Å².